The quantitative estimate of drug-likeness (QED) is 0.803. The second-order valence-corrected chi connectivity index (χ2v) is 5.82. The van der Waals surface area contributed by atoms with Crippen LogP contribution in [0.1, 0.15) is 11.1 Å². The molecule has 0 saturated heterocycles. The predicted molar refractivity (Wildman–Crippen MR) is 85.8 cm³/mol. The lowest BCUT2D eigenvalue weighted by molar-refractivity contribution is 0.299. The van der Waals surface area contributed by atoms with E-state index in [1.807, 2.05) is 0 Å². The zero-order valence-electron chi connectivity index (χ0n) is 10.2. The minimum absolute atomic E-state index is 0.0697. The van der Waals surface area contributed by atoms with Crippen molar-refractivity contribution in [1.82, 2.24) is 0 Å². The summed E-state index contributed by atoms with van der Waals surface area (Å²) in [5, 5.41) is 0.346. The van der Waals surface area contributed by atoms with Crippen LogP contribution in [0.25, 0.3) is 0 Å². The van der Waals surface area contributed by atoms with Crippen molar-refractivity contribution in [3.05, 3.63) is 62.8 Å². The predicted octanol–water partition coefficient (Wildman–Crippen LogP) is 4.45. The highest BCUT2D eigenvalue weighted by molar-refractivity contribution is 9.10. The molecular weight excluding hydrogens is 365 g/mol. The van der Waals surface area contributed by atoms with E-state index < -0.39 is 5.82 Å². The molecule has 0 bridgehead atoms. The second kappa shape index (κ2) is 6.52. The van der Waals surface area contributed by atoms with E-state index in [-0.39, 0.29) is 11.6 Å². The third-order valence-corrected chi connectivity index (χ3v) is 3.55. The van der Waals surface area contributed by atoms with Crippen molar-refractivity contribution in [3.63, 3.8) is 0 Å². The average molecular weight is 375 g/mol. The Kier molecular flexibility index (Phi) is 4.96. The molecule has 20 heavy (non-hydrogen) atoms. The zero-order valence-corrected chi connectivity index (χ0v) is 13.4. The molecule has 0 atom stereocenters. The largest absolute Gasteiger partial charge is 0.488 e. The Balaban J connectivity index is 2.20. The van der Waals surface area contributed by atoms with Crippen molar-refractivity contribution < 1.29 is 9.13 Å². The van der Waals surface area contributed by atoms with E-state index in [9.17, 15) is 4.39 Å². The van der Waals surface area contributed by atoms with Crippen molar-refractivity contribution in [2.45, 2.75) is 6.61 Å². The van der Waals surface area contributed by atoms with E-state index in [2.05, 4.69) is 15.9 Å². The Hall–Kier alpha value is -1.17. The van der Waals surface area contributed by atoms with Gasteiger partial charge in [-0.3, -0.25) is 0 Å². The molecule has 0 aliphatic rings. The molecule has 0 fully saturated rings. The van der Waals surface area contributed by atoms with Gasteiger partial charge in [-0.2, -0.15) is 0 Å². The van der Waals surface area contributed by atoms with E-state index in [4.69, 9.17) is 34.3 Å². The van der Waals surface area contributed by atoms with Crippen molar-refractivity contribution in [2.24, 2.45) is 5.73 Å². The van der Waals surface area contributed by atoms with Gasteiger partial charge in [0.1, 0.15) is 23.2 Å². The third-order valence-electron chi connectivity index (χ3n) is 2.61. The van der Waals surface area contributed by atoms with E-state index >= 15 is 0 Å². The lowest BCUT2D eigenvalue weighted by Gasteiger charge is -2.11. The molecule has 0 amide bonds. The smallest absolute Gasteiger partial charge is 0.131 e. The van der Waals surface area contributed by atoms with Gasteiger partial charge in [0.2, 0.25) is 0 Å². The van der Waals surface area contributed by atoms with Crippen LogP contribution in [0.4, 0.5) is 4.39 Å². The van der Waals surface area contributed by atoms with Crippen LogP contribution in [0.3, 0.4) is 0 Å². The molecule has 0 spiro atoms. The molecule has 0 heterocycles. The summed E-state index contributed by atoms with van der Waals surface area (Å²) in [5.74, 6) is 0.0986. The molecule has 6 heteroatoms. The van der Waals surface area contributed by atoms with Gasteiger partial charge in [-0.15, -0.1) is 0 Å². The minimum Gasteiger partial charge on any atom is -0.488 e. The number of hydrogen-bond donors (Lipinski definition) is 1. The summed E-state index contributed by atoms with van der Waals surface area (Å²) in [6, 6.07) is 9.73. The lowest BCUT2D eigenvalue weighted by atomic mass is 10.2. The molecular formula is C14H10BrClFNOS. The van der Waals surface area contributed by atoms with E-state index in [1.54, 1.807) is 30.3 Å². The van der Waals surface area contributed by atoms with Crippen LogP contribution in [0, 0.1) is 5.82 Å². The summed E-state index contributed by atoms with van der Waals surface area (Å²) >= 11 is 14.0. The maximum atomic E-state index is 13.7. The summed E-state index contributed by atoms with van der Waals surface area (Å²) in [5.41, 5.74) is 6.65. The maximum absolute atomic E-state index is 13.7. The Morgan fingerprint density at radius 3 is 2.70 bits per heavy atom. The Labute approximate surface area is 134 Å². The zero-order chi connectivity index (χ0) is 14.7. The third kappa shape index (κ3) is 3.69. The topological polar surface area (TPSA) is 35.2 Å². The molecule has 0 radical (unpaired) electrons. The first-order valence-electron chi connectivity index (χ1n) is 5.63. The highest BCUT2D eigenvalue weighted by atomic mass is 79.9. The first-order valence-corrected chi connectivity index (χ1v) is 7.21. The number of nitrogens with two attached hydrogens (primary N) is 1. The molecule has 2 aromatic rings. The van der Waals surface area contributed by atoms with Crippen LogP contribution in [0.15, 0.2) is 40.9 Å². The Morgan fingerprint density at radius 2 is 2.05 bits per heavy atom. The Morgan fingerprint density at radius 1 is 1.30 bits per heavy atom. The van der Waals surface area contributed by atoms with Crippen LogP contribution in [0.5, 0.6) is 5.75 Å². The summed E-state index contributed by atoms with van der Waals surface area (Å²) in [6.45, 7) is 0.0697. The summed E-state index contributed by atoms with van der Waals surface area (Å²) in [6.07, 6.45) is 0. The molecule has 2 rings (SSSR count). The number of benzene rings is 2. The monoisotopic (exact) mass is 373 g/mol. The normalized spacial score (nSPS) is 10.3. The molecule has 2 N–H and O–H groups in total. The van der Waals surface area contributed by atoms with Crippen molar-refractivity contribution in [3.8, 4) is 5.75 Å². The van der Waals surface area contributed by atoms with Crippen LogP contribution >= 0.6 is 39.7 Å². The van der Waals surface area contributed by atoms with Gasteiger partial charge in [0.05, 0.1) is 5.56 Å². The fraction of sp³-hybridized carbons (Fsp3) is 0.0714. The highest BCUT2D eigenvalue weighted by Crippen LogP contribution is 2.25. The molecule has 2 aromatic carbocycles. The molecule has 0 aliphatic carbocycles. The summed E-state index contributed by atoms with van der Waals surface area (Å²) in [7, 11) is 0. The number of thiocarbonyl (C=S) groups is 1. The fourth-order valence-corrected chi connectivity index (χ4v) is 2.29. The maximum Gasteiger partial charge on any atom is 0.131 e. The minimum atomic E-state index is -0.411. The van der Waals surface area contributed by atoms with Crippen LogP contribution in [-0.2, 0) is 6.61 Å². The average Bonchev–Trinajstić information content (AvgIpc) is 2.38. The van der Waals surface area contributed by atoms with Crippen molar-refractivity contribution >= 4 is 44.7 Å². The van der Waals surface area contributed by atoms with E-state index in [1.165, 1.54) is 6.07 Å². The molecule has 0 aromatic heterocycles. The highest BCUT2D eigenvalue weighted by Gasteiger charge is 2.09. The van der Waals surface area contributed by atoms with Crippen LogP contribution in [0.2, 0.25) is 5.02 Å². The molecule has 2 nitrogen and oxygen atoms in total. The van der Waals surface area contributed by atoms with Gasteiger partial charge < -0.3 is 10.5 Å². The van der Waals surface area contributed by atoms with Gasteiger partial charge >= 0.3 is 0 Å². The van der Waals surface area contributed by atoms with Gasteiger partial charge in [0.15, 0.2) is 0 Å². The van der Waals surface area contributed by atoms with Gasteiger partial charge in [-0.05, 0) is 30.3 Å². The number of hydrogen-bond acceptors (Lipinski definition) is 2. The van der Waals surface area contributed by atoms with Crippen LogP contribution < -0.4 is 10.5 Å². The first kappa shape index (κ1) is 15.2. The molecule has 0 saturated carbocycles. The molecule has 0 aliphatic heterocycles. The number of ether oxygens (including phenoxy) is 1. The van der Waals surface area contributed by atoms with Crippen molar-refractivity contribution in [2.75, 3.05) is 0 Å². The summed E-state index contributed by atoms with van der Waals surface area (Å²) < 4.78 is 20.1. The second-order valence-electron chi connectivity index (χ2n) is 4.03. The van der Waals surface area contributed by atoms with Gasteiger partial charge in [-0.1, -0.05) is 45.8 Å². The molecule has 104 valence electrons. The van der Waals surface area contributed by atoms with Gasteiger partial charge in [0.25, 0.3) is 0 Å². The number of halogens is 3. The SMILES string of the molecule is NC(=S)c1cc(Br)ccc1OCc1ccc(Cl)cc1F. The fourth-order valence-electron chi connectivity index (χ4n) is 1.61. The lowest BCUT2D eigenvalue weighted by Crippen LogP contribution is -2.12. The van der Waals surface area contributed by atoms with Crippen molar-refractivity contribution in [1.29, 1.82) is 0 Å². The first-order chi connectivity index (χ1) is 9.47. The summed E-state index contributed by atoms with van der Waals surface area (Å²) in [4.78, 5) is 0.220. The number of rotatable bonds is 4. The van der Waals surface area contributed by atoms with E-state index in [0.717, 1.165) is 4.47 Å². The van der Waals surface area contributed by atoms with E-state index in [0.29, 0.717) is 21.9 Å². The standard InChI is InChI=1S/C14H10BrClFNOS/c15-9-2-4-13(11(5-9)14(18)20)19-7-8-1-3-10(16)6-12(8)17/h1-6H,7H2,(H2,18,20). The van der Waals surface area contributed by atoms with Gasteiger partial charge in [0, 0.05) is 15.1 Å². The van der Waals surface area contributed by atoms with Gasteiger partial charge in [-0.25, -0.2) is 4.39 Å². The van der Waals surface area contributed by atoms with Crippen LogP contribution in [-0.4, -0.2) is 4.99 Å². The Bertz CT molecular complexity index is 666. The molecule has 0 unspecified atom stereocenters.